The Kier molecular flexibility index (Phi) is 15.4. The Labute approximate surface area is 723 Å². The molecule has 0 radical (unpaired) electrons. The normalized spacial score (nSPS) is 14.0. The molecule has 19 aromatic carbocycles. The molecule has 0 fully saturated rings. The van der Waals surface area contributed by atoms with Gasteiger partial charge >= 0.3 is 0 Å². The fraction of sp³-hybridized carbons (Fsp3) is 0.0345. The lowest BCUT2D eigenvalue weighted by molar-refractivity contribution is 0.437. The van der Waals surface area contributed by atoms with Gasteiger partial charge in [0.05, 0.1) is 22.5 Å². The van der Waals surface area contributed by atoms with Gasteiger partial charge in [-0.3, -0.25) is 0 Å². The molecule has 6 nitrogen and oxygen atoms in total. The lowest BCUT2D eigenvalue weighted by Crippen LogP contribution is -2.33. The number of benzene rings is 19. The lowest BCUT2D eigenvalue weighted by atomic mass is 9.65. The third kappa shape index (κ3) is 10.4. The summed E-state index contributed by atoms with van der Waals surface area (Å²) in [5.74, 6) is 1.49. The number of ether oxygens (including phenoxy) is 1. The Hall–Kier alpha value is -15.3. The minimum absolute atomic E-state index is 0.175. The molecule has 1 atom stereocenters. The Bertz CT molecular complexity index is 8420. The summed E-state index contributed by atoms with van der Waals surface area (Å²) in [5.41, 5.74) is 29.4. The zero-order valence-electron chi connectivity index (χ0n) is 67.6. The van der Waals surface area contributed by atoms with Gasteiger partial charge in [0.2, 0.25) is 0 Å². The number of fused-ring (bicyclic) bond motifs is 25. The van der Waals surface area contributed by atoms with Crippen molar-refractivity contribution < 1.29 is 13.6 Å². The maximum absolute atomic E-state index is 8.02. The van der Waals surface area contributed by atoms with E-state index in [1.165, 1.54) is 79.1 Å². The van der Waals surface area contributed by atoms with E-state index in [2.05, 4.69) is 435 Å². The van der Waals surface area contributed by atoms with Crippen LogP contribution in [-0.2, 0) is 10.8 Å². The summed E-state index contributed by atoms with van der Waals surface area (Å²) >= 11 is 3.72. The van der Waals surface area contributed by atoms with Crippen LogP contribution in [-0.4, -0.2) is 0 Å². The SMILES string of the molecule is CC1(C)c2ccccc2-c2c(-c3ccc(N(c4ccccc4)c4ccc5c(c4)C4(c6ccccc6Oc6c(N(c7cc(-c8ccccc8)c8c(c7)oc7ccccc78)c7ccc8sc9ccccc9c8c7)cccc64)c4cc(N(c6ccccc6)c6cc(-c7ccc8ccccc8c7)c7oc8ccccc8c7c6)ccc4-5)c4c3sc3ccccc34)cccc21. The molecule has 3 aliphatic rings. The average Bonchev–Trinajstić information content (AvgIpc) is 1.50. The first-order valence-corrected chi connectivity index (χ1v) is 44.1. The quantitative estimate of drug-likeness (QED) is 0.121. The summed E-state index contributed by atoms with van der Waals surface area (Å²) in [6, 6.07) is 150. The molecule has 0 amide bonds. The molecule has 1 unspecified atom stereocenters. The third-order valence-corrected chi connectivity index (χ3v) is 29.0. The molecule has 0 N–H and O–H groups in total. The average molecular weight is 1620 g/mol. The Morgan fingerprint density at radius 2 is 0.815 bits per heavy atom. The van der Waals surface area contributed by atoms with E-state index >= 15 is 0 Å². The maximum atomic E-state index is 8.02. The first-order valence-electron chi connectivity index (χ1n) is 42.5. The van der Waals surface area contributed by atoms with Gasteiger partial charge in [-0.15, -0.1) is 22.7 Å². The minimum atomic E-state index is -1.09. The van der Waals surface area contributed by atoms with Crippen LogP contribution in [0.3, 0.4) is 0 Å². The van der Waals surface area contributed by atoms with Crippen molar-refractivity contribution in [1.82, 2.24) is 0 Å². The molecule has 0 saturated heterocycles. The van der Waals surface area contributed by atoms with Gasteiger partial charge in [0.1, 0.15) is 28.1 Å². The zero-order valence-corrected chi connectivity index (χ0v) is 69.2. The fourth-order valence-electron chi connectivity index (χ4n) is 21.2. The molecule has 4 aromatic heterocycles. The van der Waals surface area contributed by atoms with Crippen LogP contribution in [0.15, 0.2) is 415 Å². The smallest absolute Gasteiger partial charge is 0.156 e. The van der Waals surface area contributed by atoms with Crippen molar-refractivity contribution in [3.8, 4) is 67.1 Å². The molecule has 26 rings (SSSR count). The Balaban J connectivity index is 0.752. The van der Waals surface area contributed by atoms with Gasteiger partial charge < -0.3 is 28.3 Å². The second-order valence-corrected chi connectivity index (χ2v) is 35.7. The number of anilines is 9. The molecule has 582 valence electrons. The summed E-state index contributed by atoms with van der Waals surface area (Å²) < 4.78 is 27.1. The monoisotopic (exact) mass is 1620 g/mol. The van der Waals surface area contributed by atoms with Gasteiger partial charge in [-0.2, -0.15) is 0 Å². The molecule has 0 saturated carbocycles. The molecule has 23 aromatic rings. The van der Waals surface area contributed by atoms with E-state index in [-0.39, 0.29) is 5.41 Å². The highest BCUT2D eigenvalue weighted by Gasteiger charge is 2.53. The zero-order chi connectivity index (χ0) is 81.6. The molecule has 124 heavy (non-hydrogen) atoms. The molecule has 0 bridgehead atoms. The largest absolute Gasteiger partial charge is 0.456 e. The van der Waals surface area contributed by atoms with E-state index in [0.717, 1.165) is 168 Å². The number of nitrogens with zero attached hydrogens (tertiary/aromatic N) is 3. The molecule has 1 spiro atoms. The Morgan fingerprint density at radius 1 is 0.258 bits per heavy atom. The van der Waals surface area contributed by atoms with Crippen LogP contribution in [0.2, 0.25) is 0 Å². The van der Waals surface area contributed by atoms with E-state index in [1.54, 1.807) is 0 Å². The van der Waals surface area contributed by atoms with Crippen LogP contribution in [0.4, 0.5) is 51.2 Å². The predicted octanol–water partition coefficient (Wildman–Crippen LogP) is 33.6. The molecular weight excluding hydrogens is 1550 g/mol. The van der Waals surface area contributed by atoms with Crippen molar-refractivity contribution in [2.45, 2.75) is 24.7 Å². The molecule has 1 aliphatic heterocycles. The summed E-state index contributed by atoms with van der Waals surface area (Å²) in [4.78, 5) is 7.44. The molecule has 5 heterocycles. The van der Waals surface area contributed by atoms with Gasteiger partial charge in [0.15, 0.2) is 5.75 Å². The number of thiophene rings is 2. The predicted molar refractivity (Wildman–Crippen MR) is 520 cm³/mol. The third-order valence-electron chi connectivity index (χ3n) is 26.6. The van der Waals surface area contributed by atoms with Crippen molar-refractivity contribution in [2.75, 3.05) is 14.7 Å². The second kappa shape index (κ2) is 27.1. The van der Waals surface area contributed by atoms with Gasteiger partial charge in [0.25, 0.3) is 0 Å². The van der Waals surface area contributed by atoms with E-state index in [0.29, 0.717) is 0 Å². The first kappa shape index (κ1) is 70.5. The molecular formula is C116H73N3O3S2. The summed E-state index contributed by atoms with van der Waals surface area (Å²) in [7, 11) is 0. The number of hydrogen-bond donors (Lipinski definition) is 0. The van der Waals surface area contributed by atoms with Gasteiger partial charge in [-0.1, -0.05) is 281 Å². The summed E-state index contributed by atoms with van der Waals surface area (Å²) in [6.45, 7) is 4.76. The highest BCUT2D eigenvalue weighted by Crippen LogP contribution is 2.67. The van der Waals surface area contributed by atoms with Gasteiger partial charge in [-0.05, 0) is 211 Å². The van der Waals surface area contributed by atoms with E-state index < -0.39 is 5.41 Å². The Morgan fingerprint density at radius 3 is 1.60 bits per heavy atom. The van der Waals surface area contributed by atoms with Gasteiger partial charge in [-0.25, -0.2) is 0 Å². The van der Waals surface area contributed by atoms with Crippen LogP contribution in [0.25, 0.3) is 151 Å². The topological polar surface area (TPSA) is 45.2 Å². The van der Waals surface area contributed by atoms with E-state index in [9.17, 15) is 0 Å². The van der Waals surface area contributed by atoms with Crippen LogP contribution < -0.4 is 19.4 Å². The number of rotatable bonds is 12. The molecule has 8 heteroatoms. The van der Waals surface area contributed by atoms with Crippen LogP contribution in [0.1, 0.15) is 47.2 Å². The fourth-order valence-corrected chi connectivity index (χ4v) is 23.5. The van der Waals surface area contributed by atoms with Crippen molar-refractivity contribution in [2.24, 2.45) is 0 Å². The van der Waals surface area contributed by atoms with Crippen LogP contribution in [0, 0.1) is 0 Å². The van der Waals surface area contributed by atoms with Crippen molar-refractivity contribution >= 4 is 169 Å². The van der Waals surface area contributed by atoms with Crippen molar-refractivity contribution in [3.63, 3.8) is 0 Å². The summed E-state index contributed by atoms with van der Waals surface area (Å²) in [5, 5.41) is 11.3. The van der Waals surface area contributed by atoms with Crippen LogP contribution >= 0.6 is 22.7 Å². The standard InChI is InChI=1S/C116H73N3O3S2/c1-115(2)94-42-19-14-38-87(94)109-85(41-26-44-96(109)115)86-59-60-100(111-89-40-18-25-51-107(89)124-114(86)111)118(75-34-10-5-11-35-75)78-55-58-82-81-57-54-77(117(74-32-8-4-9-33-74)79-65-91(73-53-52-70-28-12-13-31-72(70)62-73)112-93(66-79)83-36-15-21-47-102(83)121-112)67-98(81)116(99(82)68-78)95-43-20-23-49-104(95)122-113-97(116)45-27-46-101(113)119(76-56-61-108-92(63-76)84-37-17-24-50-106(84)123-108)80-64-90(71-29-6-3-7-30-71)110-88-39-16-22-48-103(88)120-105(110)69-80/h3-69H,1-2H3. The minimum Gasteiger partial charge on any atom is -0.456 e. The summed E-state index contributed by atoms with van der Waals surface area (Å²) in [6.07, 6.45) is 0. The number of hydrogen-bond acceptors (Lipinski definition) is 8. The number of para-hydroxylation sites is 6. The lowest BCUT2D eigenvalue weighted by Gasteiger charge is -2.41. The maximum Gasteiger partial charge on any atom is 0.156 e. The van der Waals surface area contributed by atoms with Crippen LogP contribution in [0.5, 0.6) is 11.5 Å². The van der Waals surface area contributed by atoms with Gasteiger partial charge in [0, 0.05) is 130 Å². The van der Waals surface area contributed by atoms with Crippen molar-refractivity contribution in [3.05, 3.63) is 440 Å². The number of furan rings is 2. The van der Waals surface area contributed by atoms with E-state index in [4.69, 9.17) is 13.6 Å². The van der Waals surface area contributed by atoms with Crippen molar-refractivity contribution in [1.29, 1.82) is 0 Å². The second-order valence-electron chi connectivity index (χ2n) is 33.6. The highest BCUT2D eigenvalue weighted by atomic mass is 32.1. The van der Waals surface area contributed by atoms with E-state index in [1.807, 2.05) is 22.7 Å². The first-order chi connectivity index (χ1) is 61.2. The molecule has 2 aliphatic carbocycles. The highest BCUT2D eigenvalue weighted by molar-refractivity contribution is 7.26.